The van der Waals surface area contributed by atoms with Crippen LogP contribution in [-0.4, -0.2) is 43.0 Å². The number of amides is 1. The molecule has 126 valence electrons. The second-order valence-corrected chi connectivity index (χ2v) is 6.03. The van der Waals surface area contributed by atoms with Crippen LogP contribution in [0, 0.1) is 11.7 Å². The van der Waals surface area contributed by atoms with Gasteiger partial charge in [0.2, 0.25) is 5.91 Å². The maximum atomic E-state index is 13.0. The highest BCUT2D eigenvalue weighted by Gasteiger charge is 2.30. The largest absolute Gasteiger partial charge is 0.469 e. The molecule has 1 aliphatic heterocycles. The van der Waals surface area contributed by atoms with Gasteiger partial charge in [0.15, 0.2) is 0 Å². The molecule has 0 radical (unpaired) electrons. The first-order chi connectivity index (χ1) is 10.9. The number of hydrogen-bond donors (Lipinski definition) is 1. The highest BCUT2D eigenvalue weighted by Crippen LogP contribution is 2.24. The van der Waals surface area contributed by atoms with Gasteiger partial charge in [-0.2, -0.15) is 0 Å². The summed E-state index contributed by atoms with van der Waals surface area (Å²) in [5.41, 5.74) is 0.384. The van der Waals surface area contributed by atoms with Gasteiger partial charge in [-0.15, -0.1) is 0 Å². The number of ether oxygens (including phenoxy) is 1. The van der Waals surface area contributed by atoms with Crippen LogP contribution in [0.2, 0.25) is 5.02 Å². The fourth-order valence-corrected chi connectivity index (χ4v) is 2.90. The van der Waals surface area contributed by atoms with E-state index in [2.05, 4.69) is 5.32 Å². The molecular formula is C16H20ClFN2O3. The van der Waals surface area contributed by atoms with Crippen LogP contribution in [0.1, 0.15) is 19.8 Å². The second-order valence-electron chi connectivity index (χ2n) is 5.62. The fourth-order valence-electron chi connectivity index (χ4n) is 2.68. The lowest BCUT2D eigenvalue weighted by Crippen LogP contribution is -2.47. The molecule has 23 heavy (non-hydrogen) atoms. The average Bonchev–Trinajstić information content (AvgIpc) is 2.56. The van der Waals surface area contributed by atoms with E-state index in [1.54, 1.807) is 6.92 Å². The number of nitrogens with zero attached hydrogens (tertiary/aromatic N) is 1. The normalized spacial score (nSPS) is 17.6. The van der Waals surface area contributed by atoms with Crippen LogP contribution in [0.25, 0.3) is 0 Å². The zero-order chi connectivity index (χ0) is 17.0. The lowest BCUT2D eigenvalue weighted by molar-refractivity contribution is -0.147. The van der Waals surface area contributed by atoms with Gasteiger partial charge in [0.1, 0.15) is 5.82 Å². The molecule has 0 bridgehead atoms. The summed E-state index contributed by atoms with van der Waals surface area (Å²) < 4.78 is 17.8. The molecule has 0 aromatic heterocycles. The molecule has 1 fully saturated rings. The van der Waals surface area contributed by atoms with Crippen molar-refractivity contribution < 1.29 is 18.7 Å². The molecule has 1 aromatic carbocycles. The van der Waals surface area contributed by atoms with E-state index in [0.29, 0.717) is 31.6 Å². The van der Waals surface area contributed by atoms with Gasteiger partial charge >= 0.3 is 5.97 Å². The number of benzene rings is 1. The zero-order valence-electron chi connectivity index (χ0n) is 13.1. The lowest BCUT2D eigenvalue weighted by Gasteiger charge is -2.34. The van der Waals surface area contributed by atoms with Gasteiger partial charge < -0.3 is 10.1 Å². The third kappa shape index (κ3) is 4.42. The molecule has 1 amide bonds. The van der Waals surface area contributed by atoms with Crippen LogP contribution in [0.3, 0.4) is 0 Å². The first-order valence-electron chi connectivity index (χ1n) is 7.50. The van der Waals surface area contributed by atoms with Gasteiger partial charge in [-0.3, -0.25) is 14.5 Å². The van der Waals surface area contributed by atoms with Gasteiger partial charge in [0.25, 0.3) is 0 Å². The molecule has 5 nitrogen and oxygen atoms in total. The number of nitrogens with one attached hydrogen (secondary N) is 1. The predicted molar refractivity (Wildman–Crippen MR) is 85.8 cm³/mol. The minimum atomic E-state index is -0.453. The van der Waals surface area contributed by atoms with Crippen LogP contribution in [0.15, 0.2) is 18.2 Å². The third-order valence-electron chi connectivity index (χ3n) is 4.18. The second kappa shape index (κ2) is 7.75. The Morgan fingerprint density at radius 1 is 1.39 bits per heavy atom. The van der Waals surface area contributed by atoms with E-state index >= 15 is 0 Å². The Balaban J connectivity index is 1.92. The van der Waals surface area contributed by atoms with Crippen LogP contribution in [0.5, 0.6) is 0 Å². The maximum Gasteiger partial charge on any atom is 0.308 e. The summed E-state index contributed by atoms with van der Waals surface area (Å²) >= 11 is 5.91. The molecule has 1 heterocycles. The van der Waals surface area contributed by atoms with Gasteiger partial charge in [0, 0.05) is 0 Å². The van der Waals surface area contributed by atoms with Crippen molar-refractivity contribution >= 4 is 29.2 Å². The minimum absolute atomic E-state index is 0.0990. The standard InChI is InChI=1S/C16H20ClFN2O3/c1-10(20-7-5-11(6-8-20)16(22)23-2)15(21)19-14-4-3-12(18)9-13(14)17/h3-4,9-11H,5-8H2,1-2H3,(H,19,21)/t10-/m1/s1. The number of halogens is 2. The summed E-state index contributed by atoms with van der Waals surface area (Å²) in [6, 6.07) is 3.47. The number of carbonyl (C=O) groups is 2. The molecule has 0 aliphatic carbocycles. The molecule has 1 atom stereocenters. The van der Waals surface area contributed by atoms with Crippen LogP contribution in [-0.2, 0) is 14.3 Å². The molecule has 0 saturated carbocycles. The molecule has 1 aliphatic rings. The van der Waals surface area contributed by atoms with E-state index in [1.165, 1.54) is 19.2 Å². The van der Waals surface area contributed by atoms with Gasteiger partial charge in [-0.25, -0.2) is 4.39 Å². The molecule has 1 saturated heterocycles. The maximum absolute atomic E-state index is 13.0. The summed E-state index contributed by atoms with van der Waals surface area (Å²) in [6.45, 7) is 3.09. The number of methoxy groups -OCH3 is 1. The number of hydrogen-bond acceptors (Lipinski definition) is 4. The number of anilines is 1. The van der Waals surface area contributed by atoms with E-state index in [0.717, 1.165) is 6.07 Å². The molecule has 1 aromatic rings. The summed E-state index contributed by atoms with van der Waals surface area (Å²) in [6.07, 6.45) is 1.34. The number of esters is 1. The van der Waals surface area contributed by atoms with Crippen molar-refractivity contribution in [1.82, 2.24) is 4.90 Å². The Morgan fingerprint density at radius 3 is 2.61 bits per heavy atom. The number of piperidine rings is 1. The van der Waals surface area contributed by atoms with Crippen molar-refractivity contribution in [1.29, 1.82) is 0 Å². The Morgan fingerprint density at radius 2 is 2.04 bits per heavy atom. The van der Waals surface area contributed by atoms with Gasteiger partial charge in [-0.1, -0.05) is 11.6 Å². The summed E-state index contributed by atoms with van der Waals surface area (Å²) in [5.74, 6) is -0.959. The smallest absolute Gasteiger partial charge is 0.308 e. The summed E-state index contributed by atoms with van der Waals surface area (Å²) in [7, 11) is 1.39. The van der Waals surface area contributed by atoms with E-state index in [9.17, 15) is 14.0 Å². The molecule has 0 unspecified atom stereocenters. The first kappa shape index (κ1) is 17.7. The zero-order valence-corrected chi connectivity index (χ0v) is 13.9. The van der Waals surface area contributed by atoms with Crippen molar-refractivity contribution in [2.75, 3.05) is 25.5 Å². The highest BCUT2D eigenvalue weighted by atomic mass is 35.5. The van der Waals surface area contributed by atoms with Gasteiger partial charge in [0.05, 0.1) is 29.8 Å². The van der Waals surface area contributed by atoms with Crippen molar-refractivity contribution in [2.45, 2.75) is 25.8 Å². The van der Waals surface area contributed by atoms with Crippen LogP contribution >= 0.6 is 11.6 Å². The van der Waals surface area contributed by atoms with Crippen molar-refractivity contribution in [3.8, 4) is 0 Å². The molecule has 0 spiro atoms. The summed E-state index contributed by atoms with van der Waals surface area (Å²) in [4.78, 5) is 25.8. The minimum Gasteiger partial charge on any atom is -0.469 e. The van der Waals surface area contributed by atoms with E-state index in [-0.39, 0.29) is 28.9 Å². The quantitative estimate of drug-likeness (QED) is 0.855. The van der Waals surface area contributed by atoms with E-state index in [1.807, 2.05) is 4.90 Å². The van der Waals surface area contributed by atoms with Crippen LogP contribution < -0.4 is 5.32 Å². The average molecular weight is 343 g/mol. The molecular weight excluding hydrogens is 323 g/mol. The molecule has 2 rings (SSSR count). The van der Waals surface area contributed by atoms with Crippen molar-refractivity contribution in [3.05, 3.63) is 29.0 Å². The number of carbonyl (C=O) groups excluding carboxylic acids is 2. The third-order valence-corrected chi connectivity index (χ3v) is 4.49. The topological polar surface area (TPSA) is 58.6 Å². The van der Waals surface area contributed by atoms with Gasteiger partial charge in [-0.05, 0) is 51.1 Å². The molecule has 1 N–H and O–H groups in total. The first-order valence-corrected chi connectivity index (χ1v) is 7.88. The highest BCUT2D eigenvalue weighted by molar-refractivity contribution is 6.33. The monoisotopic (exact) mass is 342 g/mol. The Hall–Kier alpha value is -1.66. The van der Waals surface area contributed by atoms with Crippen LogP contribution in [0.4, 0.5) is 10.1 Å². The predicted octanol–water partition coefficient (Wildman–Crippen LogP) is 2.69. The lowest BCUT2D eigenvalue weighted by atomic mass is 9.96. The Labute approximate surface area is 139 Å². The van der Waals surface area contributed by atoms with Crippen molar-refractivity contribution in [3.63, 3.8) is 0 Å². The Kier molecular flexibility index (Phi) is 5.96. The van der Waals surface area contributed by atoms with E-state index in [4.69, 9.17) is 16.3 Å². The SMILES string of the molecule is COC(=O)C1CCN([C@H](C)C(=O)Nc2ccc(F)cc2Cl)CC1. The fraction of sp³-hybridized carbons (Fsp3) is 0.500. The number of rotatable bonds is 4. The summed E-state index contributed by atoms with van der Waals surface area (Å²) in [5, 5.41) is 2.87. The van der Waals surface area contributed by atoms with Crippen molar-refractivity contribution in [2.24, 2.45) is 5.92 Å². The van der Waals surface area contributed by atoms with E-state index < -0.39 is 5.82 Å². The molecule has 7 heteroatoms. The number of likely N-dealkylation sites (tertiary alicyclic amines) is 1. The Bertz CT molecular complexity index is 589.